The number of hydrogen-bond donors (Lipinski definition) is 1. The molecule has 0 spiro atoms. The molecular weight excluding hydrogens is 314 g/mol. The Morgan fingerprint density at radius 3 is 2.50 bits per heavy atom. The van der Waals surface area contributed by atoms with Crippen molar-refractivity contribution in [2.75, 3.05) is 6.54 Å². The van der Waals surface area contributed by atoms with Crippen LogP contribution in [0.3, 0.4) is 0 Å². The van der Waals surface area contributed by atoms with Crippen molar-refractivity contribution in [2.45, 2.75) is 64.5 Å². The Bertz CT molecular complexity index is 461. The van der Waals surface area contributed by atoms with Gasteiger partial charge in [-0.1, -0.05) is 15.9 Å². The number of ether oxygens (including phenoxy) is 1. The number of benzene rings is 1. The summed E-state index contributed by atoms with van der Waals surface area (Å²) in [5, 5.41) is 3.56. The van der Waals surface area contributed by atoms with Gasteiger partial charge >= 0.3 is 0 Å². The zero-order chi connectivity index (χ0) is 14.8. The molecule has 1 saturated carbocycles. The monoisotopic (exact) mass is 339 g/mol. The fourth-order valence-electron chi connectivity index (χ4n) is 2.57. The Hall–Kier alpha value is -0.540. The molecule has 1 aliphatic carbocycles. The highest BCUT2D eigenvalue weighted by molar-refractivity contribution is 9.10. The molecule has 0 radical (unpaired) electrons. The van der Waals surface area contributed by atoms with Crippen LogP contribution in [-0.2, 0) is 0 Å². The van der Waals surface area contributed by atoms with Crippen LogP contribution in [0.1, 0.15) is 52.0 Å². The van der Waals surface area contributed by atoms with Gasteiger partial charge in [-0.3, -0.25) is 0 Å². The summed E-state index contributed by atoms with van der Waals surface area (Å²) < 4.78 is 7.47. The molecule has 0 aromatic heterocycles. The van der Waals surface area contributed by atoms with E-state index in [0.29, 0.717) is 0 Å². The van der Waals surface area contributed by atoms with Gasteiger partial charge in [0.05, 0.1) is 0 Å². The molecule has 0 saturated heterocycles. The molecule has 1 aromatic carbocycles. The number of hydrogen-bond acceptors (Lipinski definition) is 2. The first kappa shape index (κ1) is 15.8. The average Bonchev–Trinajstić information content (AvgIpc) is 2.29. The van der Waals surface area contributed by atoms with Crippen LogP contribution in [0.15, 0.2) is 22.7 Å². The van der Waals surface area contributed by atoms with Crippen molar-refractivity contribution in [1.29, 1.82) is 0 Å². The molecule has 0 bridgehead atoms. The van der Waals surface area contributed by atoms with Gasteiger partial charge in [0.15, 0.2) is 0 Å². The molecule has 0 heterocycles. The van der Waals surface area contributed by atoms with Gasteiger partial charge in [0.1, 0.15) is 11.4 Å². The van der Waals surface area contributed by atoms with Crippen LogP contribution in [0, 0.1) is 6.92 Å². The molecule has 1 aliphatic rings. The lowest BCUT2D eigenvalue weighted by molar-refractivity contribution is -0.0152. The SMILES string of the molecule is Cc1cc(OC2(CCNC(C)(C)C)CCC2)ccc1Br. The maximum Gasteiger partial charge on any atom is 0.120 e. The van der Waals surface area contributed by atoms with Crippen molar-refractivity contribution in [2.24, 2.45) is 0 Å². The number of halogens is 1. The van der Waals surface area contributed by atoms with Crippen molar-refractivity contribution >= 4 is 15.9 Å². The van der Waals surface area contributed by atoms with E-state index in [1.165, 1.54) is 24.8 Å². The fraction of sp³-hybridized carbons (Fsp3) is 0.647. The molecule has 1 fully saturated rings. The minimum Gasteiger partial charge on any atom is -0.487 e. The maximum absolute atomic E-state index is 6.33. The van der Waals surface area contributed by atoms with E-state index in [4.69, 9.17) is 4.74 Å². The lowest BCUT2D eigenvalue weighted by atomic mass is 9.77. The van der Waals surface area contributed by atoms with E-state index in [1.807, 2.05) is 0 Å². The third-order valence-electron chi connectivity index (χ3n) is 3.96. The summed E-state index contributed by atoms with van der Waals surface area (Å²) in [6.07, 6.45) is 4.71. The van der Waals surface area contributed by atoms with Crippen LogP contribution < -0.4 is 10.1 Å². The summed E-state index contributed by atoms with van der Waals surface area (Å²) in [7, 11) is 0. The highest BCUT2D eigenvalue weighted by Crippen LogP contribution is 2.39. The average molecular weight is 340 g/mol. The molecule has 0 aliphatic heterocycles. The largest absolute Gasteiger partial charge is 0.487 e. The molecule has 0 amide bonds. The Balaban J connectivity index is 1.95. The van der Waals surface area contributed by atoms with Crippen molar-refractivity contribution < 1.29 is 4.74 Å². The van der Waals surface area contributed by atoms with Crippen LogP contribution in [0.5, 0.6) is 5.75 Å². The first-order valence-electron chi connectivity index (χ1n) is 7.50. The minimum atomic E-state index is 0.0541. The van der Waals surface area contributed by atoms with Gasteiger partial charge in [0.25, 0.3) is 0 Å². The van der Waals surface area contributed by atoms with Gasteiger partial charge in [-0.25, -0.2) is 0 Å². The molecule has 1 aromatic rings. The van der Waals surface area contributed by atoms with Gasteiger partial charge in [0, 0.05) is 10.0 Å². The molecule has 3 heteroatoms. The third-order valence-corrected chi connectivity index (χ3v) is 4.85. The van der Waals surface area contributed by atoms with E-state index in [1.54, 1.807) is 0 Å². The van der Waals surface area contributed by atoms with Crippen molar-refractivity contribution in [3.05, 3.63) is 28.2 Å². The normalized spacial score (nSPS) is 17.6. The van der Waals surface area contributed by atoms with Gasteiger partial charge in [0.2, 0.25) is 0 Å². The van der Waals surface area contributed by atoms with Crippen LogP contribution in [0.4, 0.5) is 0 Å². The molecule has 2 nitrogen and oxygen atoms in total. The Morgan fingerprint density at radius 2 is 2.00 bits per heavy atom. The van der Waals surface area contributed by atoms with Gasteiger partial charge in [-0.2, -0.15) is 0 Å². The molecular formula is C17H26BrNO. The second-order valence-electron chi connectivity index (χ2n) is 6.98. The van der Waals surface area contributed by atoms with E-state index in [2.05, 4.69) is 67.1 Å². The molecule has 20 heavy (non-hydrogen) atoms. The maximum atomic E-state index is 6.33. The lowest BCUT2D eigenvalue weighted by Crippen LogP contribution is -2.47. The predicted molar refractivity (Wildman–Crippen MR) is 88.5 cm³/mol. The molecule has 1 N–H and O–H groups in total. The standard InChI is InChI=1S/C17H26BrNO/c1-13-12-14(6-7-15(13)18)20-17(8-5-9-17)10-11-19-16(2,3)4/h6-7,12,19H,5,8-11H2,1-4H3. The molecule has 2 rings (SSSR count). The lowest BCUT2D eigenvalue weighted by Gasteiger charge is -2.42. The second kappa shape index (κ2) is 6.07. The first-order chi connectivity index (χ1) is 9.30. The van der Waals surface area contributed by atoms with Gasteiger partial charge in [-0.05, 0) is 83.7 Å². The zero-order valence-corrected chi connectivity index (χ0v) is 14.6. The van der Waals surface area contributed by atoms with Crippen LogP contribution in [-0.4, -0.2) is 17.7 Å². The highest BCUT2D eigenvalue weighted by Gasteiger charge is 2.39. The van der Waals surface area contributed by atoms with E-state index in [9.17, 15) is 0 Å². The van der Waals surface area contributed by atoms with E-state index in [0.717, 1.165) is 23.2 Å². The van der Waals surface area contributed by atoms with Crippen LogP contribution in [0.2, 0.25) is 0 Å². The van der Waals surface area contributed by atoms with E-state index in [-0.39, 0.29) is 11.1 Å². The molecule has 112 valence electrons. The quantitative estimate of drug-likeness (QED) is 0.828. The minimum absolute atomic E-state index is 0.0541. The highest BCUT2D eigenvalue weighted by atomic mass is 79.9. The third kappa shape index (κ3) is 4.23. The summed E-state index contributed by atoms with van der Waals surface area (Å²) in [5.41, 5.74) is 1.46. The second-order valence-corrected chi connectivity index (χ2v) is 7.83. The number of aryl methyl sites for hydroxylation is 1. The van der Waals surface area contributed by atoms with Crippen molar-refractivity contribution in [3.63, 3.8) is 0 Å². The molecule has 0 atom stereocenters. The van der Waals surface area contributed by atoms with Gasteiger partial charge < -0.3 is 10.1 Å². The Labute approximate surface area is 131 Å². The summed E-state index contributed by atoms with van der Waals surface area (Å²) in [4.78, 5) is 0. The van der Waals surface area contributed by atoms with Crippen LogP contribution >= 0.6 is 15.9 Å². The Kier molecular flexibility index (Phi) is 4.80. The first-order valence-corrected chi connectivity index (χ1v) is 8.29. The summed E-state index contributed by atoms with van der Waals surface area (Å²) in [6.45, 7) is 9.74. The summed E-state index contributed by atoms with van der Waals surface area (Å²) in [5.74, 6) is 1.00. The van der Waals surface area contributed by atoms with Crippen molar-refractivity contribution in [1.82, 2.24) is 5.32 Å². The van der Waals surface area contributed by atoms with Crippen molar-refractivity contribution in [3.8, 4) is 5.75 Å². The van der Waals surface area contributed by atoms with E-state index < -0.39 is 0 Å². The zero-order valence-electron chi connectivity index (χ0n) is 13.1. The topological polar surface area (TPSA) is 21.3 Å². The molecule has 0 unspecified atom stereocenters. The summed E-state index contributed by atoms with van der Waals surface area (Å²) >= 11 is 3.54. The number of rotatable bonds is 5. The predicted octanol–water partition coefficient (Wildman–Crippen LogP) is 4.84. The van der Waals surface area contributed by atoms with Crippen LogP contribution in [0.25, 0.3) is 0 Å². The Morgan fingerprint density at radius 1 is 1.30 bits per heavy atom. The fourth-order valence-corrected chi connectivity index (χ4v) is 2.82. The number of nitrogens with one attached hydrogen (secondary N) is 1. The van der Waals surface area contributed by atoms with E-state index >= 15 is 0 Å². The summed E-state index contributed by atoms with van der Waals surface area (Å²) in [6, 6.07) is 6.26. The smallest absolute Gasteiger partial charge is 0.120 e. The van der Waals surface area contributed by atoms with Gasteiger partial charge in [-0.15, -0.1) is 0 Å².